The Bertz CT molecular complexity index is 534. The molecule has 0 aliphatic heterocycles. The maximum atomic E-state index is 11.2. The molecule has 6 nitrogen and oxygen atoms in total. The zero-order chi connectivity index (χ0) is 20.3. The predicted molar refractivity (Wildman–Crippen MR) is 106 cm³/mol. The number of hydrogen-bond acceptors (Lipinski definition) is 3. The minimum Gasteiger partial charge on any atom is -0.481 e. The fourth-order valence-electron chi connectivity index (χ4n) is 2.67. The Balaban J connectivity index is 4.20. The first-order valence-electron chi connectivity index (χ1n) is 9.22. The fraction of sp³-hybridized carbons (Fsp3) is 0.737. The molecule has 0 aromatic rings. The average Bonchev–Trinajstić information content (AvgIpc) is 2.49. The summed E-state index contributed by atoms with van der Waals surface area (Å²) in [7, 11) is -2.63. The second kappa shape index (κ2) is 12.4. The van der Waals surface area contributed by atoms with Gasteiger partial charge < -0.3 is 19.8 Å². The van der Waals surface area contributed by atoms with E-state index < -0.39 is 19.2 Å². The molecule has 0 aliphatic carbocycles. The van der Waals surface area contributed by atoms with Gasteiger partial charge in [-0.15, -0.1) is 0 Å². The van der Waals surface area contributed by atoms with Crippen LogP contribution in [-0.2, 0) is 9.36 Å². The zero-order valence-electron chi connectivity index (χ0n) is 16.8. The smallest absolute Gasteiger partial charge is 0.339 e. The molecule has 0 radical (unpaired) electrons. The summed E-state index contributed by atoms with van der Waals surface area (Å²) >= 11 is 0. The summed E-state index contributed by atoms with van der Waals surface area (Å²) in [6, 6.07) is 0.329. The number of carbonyl (C=O) groups is 1. The maximum absolute atomic E-state index is 11.2. The fourth-order valence-corrected chi connectivity index (χ4v) is 3.48. The Labute approximate surface area is 158 Å². The van der Waals surface area contributed by atoms with Crippen LogP contribution in [0.3, 0.4) is 0 Å². The van der Waals surface area contributed by atoms with Gasteiger partial charge in [0.2, 0.25) is 0 Å². The molecule has 2 unspecified atom stereocenters. The van der Waals surface area contributed by atoms with Gasteiger partial charge in [0, 0.05) is 6.04 Å². The quantitative estimate of drug-likeness (QED) is 0.323. The van der Waals surface area contributed by atoms with Crippen LogP contribution in [0.2, 0.25) is 0 Å². The van der Waals surface area contributed by atoms with E-state index in [-0.39, 0.29) is 6.42 Å². The normalized spacial score (nSPS) is 15.0. The van der Waals surface area contributed by atoms with E-state index in [1.165, 1.54) is 11.1 Å². The summed E-state index contributed by atoms with van der Waals surface area (Å²) in [6.07, 6.45) is 9.09. The Morgan fingerprint density at radius 2 is 1.73 bits per heavy atom. The van der Waals surface area contributed by atoms with E-state index in [9.17, 15) is 9.36 Å². The van der Waals surface area contributed by atoms with Crippen molar-refractivity contribution in [3.8, 4) is 0 Å². The van der Waals surface area contributed by atoms with Crippen LogP contribution in [0.5, 0.6) is 0 Å². The van der Waals surface area contributed by atoms with Crippen LogP contribution in [0.15, 0.2) is 23.3 Å². The minimum absolute atomic E-state index is 0.0138. The monoisotopic (exact) mass is 389 g/mol. The number of carboxylic acids is 1. The first-order chi connectivity index (χ1) is 11.9. The van der Waals surface area contributed by atoms with E-state index in [1.807, 2.05) is 7.05 Å². The van der Waals surface area contributed by atoms with Gasteiger partial charge in [0.1, 0.15) is 0 Å². The number of hydrogen-bond donors (Lipinski definition) is 3. The molecule has 0 rings (SSSR count). The van der Waals surface area contributed by atoms with Gasteiger partial charge in [0.15, 0.2) is 5.66 Å². The van der Waals surface area contributed by atoms with Gasteiger partial charge in [-0.25, -0.2) is 0 Å². The summed E-state index contributed by atoms with van der Waals surface area (Å²) in [4.78, 5) is 31.3. The van der Waals surface area contributed by atoms with Crippen LogP contribution in [0.1, 0.15) is 66.2 Å². The highest BCUT2D eigenvalue weighted by molar-refractivity contribution is 7.53. The topological polar surface area (TPSA) is 98.1 Å². The highest BCUT2D eigenvalue weighted by Gasteiger charge is 2.35. The number of rotatable bonds is 13. The molecule has 2 atom stereocenters. The molecule has 0 bridgehead atoms. The maximum Gasteiger partial charge on any atom is 0.339 e. The van der Waals surface area contributed by atoms with E-state index in [0.717, 1.165) is 25.7 Å². The molecule has 7 heteroatoms. The lowest BCUT2D eigenvalue weighted by Gasteiger charge is -2.25. The number of aliphatic carboxylic acids is 1. The molecule has 26 heavy (non-hydrogen) atoms. The third kappa shape index (κ3) is 11.6. The van der Waals surface area contributed by atoms with Crippen molar-refractivity contribution in [1.29, 1.82) is 0 Å². The number of allylic oxidation sites excluding steroid dienone is 4. The first-order valence-corrected chi connectivity index (χ1v) is 10.9. The Morgan fingerprint density at radius 3 is 2.23 bits per heavy atom. The summed E-state index contributed by atoms with van der Waals surface area (Å²) in [5.41, 5.74) is 1.14. The van der Waals surface area contributed by atoms with Gasteiger partial charge in [-0.3, -0.25) is 9.36 Å². The molecule has 0 aromatic carbocycles. The predicted octanol–water partition coefficient (Wildman–Crippen LogP) is 4.19. The van der Waals surface area contributed by atoms with E-state index in [0.29, 0.717) is 19.0 Å². The number of nitrogens with zero attached hydrogens (tertiary/aromatic N) is 1. The third-order valence-electron chi connectivity index (χ3n) is 4.60. The average molecular weight is 389 g/mol. The first kappa shape index (κ1) is 25.1. The van der Waals surface area contributed by atoms with Crippen LogP contribution in [-0.4, -0.2) is 51.1 Å². The van der Waals surface area contributed by atoms with Crippen molar-refractivity contribution in [2.75, 3.05) is 13.6 Å². The van der Waals surface area contributed by atoms with E-state index in [4.69, 9.17) is 14.9 Å². The van der Waals surface area contributed by atoms with Crippen LogP contribution in [0.4, 0.5) is 0 Å². The summed E-state index contributed by atoms with van der Waals surface area (Å²) in [6.45, 7) is 9.10. The number of carboxylic acid groups (broad SMARTS) is 1. The molecule has 152 valence electrons. The van der Waals surface area contributed by atoms with Gasteiger partial charge >= 0.3 is 13.6 Å². The van der Waals surface area contributed by atoms with Crippen molar-refractivity contribution in [3.63, 3.8) is 0 Å². The standard InChI is InChI=1S/C19H36NO5P/c1-15(2)9-6-10-16(3)11-7-12-17(4)20(5)14-8-13-18(19(21)22)26(23,24)25/h9,11,17-18H,6-8,10,12-14H2,1-5H3,(H,21,22)(H2,23,24,25)/b16-11+. The zero-order valence-corrected chi connectivity index (χ0v) is 17.7. The molecular weight excluding hydrogens is 353 g/mol. The Morgan fingerprint density at radius 1 is 1.12 bits per heavy atom. The van der Waals surface area contributed by atoms with Crippen molar-refractivity contribution in [2.24, 2.45) is 0 Å². The Hall–Kier alpha value is -0.940. The molecule has 0 aliphatic rings. The lowest BCUT2D eigenvalue weighted by atomic mass is 10.1. The summed E-state index contributed by atoms with van der Waals surface area (Å²) in [5, 5.41) is 8.93. The molecular formula is C19H36NO5P. The summed E-state index contributed by atoms with van der Waals surface area (Å²) < 4.78 is 11.2. The highest BCUT2D eigenvalue weighted by atomic mass is 31.2. The molecule has 0 saturated carbocycles. The largest absolute Gasteiger partial charge is 0.481 e. The van der Waals surface area contributed by atoms with E-state index >= 15 is 0 Å². The van der Waals surface area contributed by atoms with Crippen LogP contribution in [0.25, 0.3) is 0 Å². The minimum atomic E-state index is -4.59. The van der Waals surface area contributed by atoms with Gasteiger partial charge in [-0.2, -0.15) is 0 Å². The van der Waals surface area contributed by atoms with E-state index in [1.54, 1.807) is 0 Å². The molecule has 0 fully saturated rings. The van der Waals surface area contributed by atoms with Gasteiger partial charge in [0.25, 0.3) is 0 Å². The molecule has 0 amide bonds. The van der Waals surface area contributed by atoms with Crippen LogP contribution in [0, 0.1) is 0 Å². The van der Waals surface area contributed by atoms with Gasteiger partial charge in [-0.05, 0) is 79.8 Å². The third-order valence-corrected chi connectivity index (χ3v) is 5.89. The molecule has 3 N–H and O–H groups in total. The van der Waals surface area contributed by atoms with Crippen molar-refractivity contribution >= 4 is 13.6 Å². The Kier molecular flexibility index (Phi) is 12.0. The van der Waals surface area contributed by atoms with Crippen molar-refractivity contribution in [2.45, 2.75) is 77.9 Å². The molecule has 0 aromatic heterocycles. The molecule has 0 saturated heterocycles. The van der Waals surface area contributed by atoms with Crippen LogP contribution >= 0.6 is 7.60 Å². The summed E-state index contributed by atoms with van der Waals surface area (Å²) in [5.74, 6) is -1.43. The highest BCUT2D eigenvalue weighted by Crippen LogP contribution is 2.43. The van der Waals surface area contributed by atoms with Gasteiger partial charge in [-0.1, -0.05) is 23.3 Å². The molecule has 0 spiro atoms. The van der Waals surface area contributed by atoms with Crippen molar-refractivity contribution in [1.82, 2.24) is 4.90 Å². The second-order valence-corrected chi connectivity index (χ2v) is 9.16. The van der Waals surface area contributed by atoms with Crippen LogP contribution < -0.4 is 0 Å². The lowest BCUT2D eigenvalue weighted by molar-refractivity contribution is -0.137. The SMILES string of the molecule is CC(C)=CCC/C(C)=C/CCC(C)N(C)CCCC(C(=O)O)P(=O)(O)O. The van der Waals surface area contributed by atoms with Gasteiger partial charge in [0.05, 0.1) is 0 Å². The lowest BCUT2D eigenvalue weighted by Crippen LogP contribution is -2.31. The second-order valence-electron chi connectivity index (χ2n) is 7.36. The van der Waals surface area contributed by atoms with E-state index in [2.05, 4.69) is 44.7 Å². The van der Waals surface area contributed by atoms with Crippen molar-refractivity contribution in [3.05, 3.63) is 23.3 Å². The van der Waals surface area contributed by atoms with Crippen molar-refractivity contribution < 1.29 is 24.3 Å². The molecule has 0 heterocycles.